The van der Waals surface area contributed by atoms with Crippen LogP contribution in [-0.4, -0.2) is 12.1 Å². The van der Waals surface area contributed by atoms with Crippen molar-refractivity contribution >= 4 is 0 Å². The minimum atomic E-state index is 0.371. The molecular weight excluding hydrogens is 172 g/mol. The summed E-state index contributed by atoms with van der Waals surface area (Å²) in [5, 5.41) is 12.2. The molecule has 0 aromatic carbocycles. The molecule has 2 nitrogen and oxygen atoms in total. The molecule has 0 aliphatic rings. The van der Waals surface area contributed by atoms with E-state index in [1.54, 1.807) is 0 Å². The van der Waals surface area contributed by atoms with E-state index in [0.717, 1.165) is 12.3 Å². The molecule has 0 aliphatic carbocycles. The summed E-state index contributed by atoms with van der Waals surface area (Å²) in [6.07, 6.45) is 4.10. The summed E-state index contributed by atoms with van der Waals surface area (Å²) >= 11 is 0. The van der Waals surface area contributed by atoms with E-state index >= 15 is 0 Å². The fraction of sp³-hybridized carbons (Fsp3) is 0.917. The molecule has 82 valence electrons. The molecule has 0 saturated heterocycles. The van der Waals surface area contributed by atoms with Crippen LogP contribution < -0.4 is 5.32 Å². The Hall–Kier alpha value is -0.550. The summed E-state index contributed by atoms with van der Waals surface area (Å²) in [6, 6.07) is 3.14. The van der Waals surface area contributed by atoms with Crippen molar-refractivity contribution in [1.29, 1.82) is 5.26 Å². The van der Waals surface area contributed by atoms with Crippen molar-refractivity contribution in [3.05, 3.63) is 0 Å². The van der Waals surface area contributed by atoms with Crippen LogP contribution in [0.5, 0.6) is 0 Å². The van der Waals surface area contributed by atoms with Gasteiger partial charge in [-0.05, 0) is 19.3 Å². The molecule has 2 atom stereocenters. The van der Waals surface area contributed by atoms with Gasteiger partial charge in [0.25, 0.3) is 0 Å². The number of nitrogens with one attached hydrogen (secondary N) is 1. The van der Waals surface area contributed by atoms with Gasteiger partial charge < -0.3 is 5.32 Å². The highest BCUT2D eigenvalue weighted by Gasteiger charge is 2.16. The van der Waals surface area contributed by atoms with Gasteiger partial charge in [0.2, 0.25) is 0 Å². The SMILES string of the molecule is CCC(CC#N)NC(C)C(CC)CC. The van der Waals surface area contributed by atoms with Gasteiger partial charge in [-0.25, -0.2) is 0 Å². The molecule has 0 rings (SSSR count). The van der Waals surface area contributed by atoms with E-state index in [2.05, 4.69) is 39.1 Å². The molecule has 0 aromatic rings. The van der Waals surface area contributed by atoms with Crippen LogP contribution in [0.15, 0.2) is 0 Å². The summed E-state index contributed by atoms with van der Waals surface area (Å²) in [5.74, 6) is 0.739. The Morgan fingerprint density at radius 2 is 1.71 bits per heavy atom. The predicted molar refractivity (Wildman–Crippen MR) is 61.0 cm³/mol. The minimum Gasteiger partial charge on any atom is -0.310 e. The van der Waals surface area contributed by atoms with Crippen LogP contribution in [0, 0.1) is 17.2 Å². The van der Waals surface area contributed by atoms with Crippen LogP contribution in [0.1, 0.15) is 53.4 Å². The molecule has 0 radical (unpaired) electrons. The van der Waals surface area contributed by atoms with Crippen LogP contribution in [0.2, 0.25) is 0 Å². The monoisotopic (exact) mass is 196 g/mol. The van der Waals surface area contributed by atoms with Gasteiger partial charge in [0.05, 0.1) is 12.5 Å². The highest BCUT2D eigenvalue weighted by Crippen LogP contribution is 2.14. The molecule has 0 spiro atoms. The largest absolute Gasteiger partial charge is 0.310 e. The van der Waals surface area contributed by atoms with Gasteiger partial charge in [0, 0.05) is 12.1 Å². The molecule has 0 aliphatic heterocycles. The highest BCUT2D eigenvalue weighted by atomic mass is 14.9. The van der Waals surface area contributed by atoms with Crippen LogP contribution in [0.25, 0.3) is 0 Å². The molecule has 0 fully saturated rings. The number of nitrogens with zero attached hydrogens (tertiary/aromatic N) is 1. The minimum absolute atomic E-state index is 0.371. The zero-order valence-electron chi connectivity index (χ0n) is 10.0. The van der Waals surface area contributed by atoms with Crippen LogP contribution in [0.4, 0.5) is 0 Å². The van der Waals surface area contributed by atoms with Gasteiger partial charge in [-0.15, -0.1) is 0 Å². The quantitative estimate of drug-likeness (QED) is 0.679. The molecule has 1 N–H and O–H groups in total. The van der Waals surface area contributed by atoms with Gasteiger partial charge in [0.15, 0.2) is 0 Å². The van der Waals surface area contributed by atoms with Crippen molar-refractivity contribution in [1.82, 2.24) is 5.32 Å². The lowest BCUT2D eigenvalue weighted by Gasteiger charge is -2.26. The normalized spacial score (nSPS) is 15.1. The summed E-state index contributed by atoms with van der Waals surface area (Å²) in [6.45, 7) is 8.83. The average Bonchev–Trinajstić information content (AvgIpc) is 2.19. The average molecular weight is 196 g/mol. The third-order valence-corrected chi connectivity index (χ3v) is 3.08. The summed E-state index contributed by atoms with van der Waals surface area (Å²) in [7, 11) is 0. The Kier molecular flexibility index (Phi) is 7.51. The molecule has 14 heavy (non-hydrogen) atoms. The first kappa shape index (κ1) is 13.4. The maximum atomic E-state index is 8.64. The van der Waals surface area contributed by atoms with Crippen molar-refractivity contribution < 1.29 is 0 Å². The second kappa shape index (κ2) is 7.82. The fourth-order valence-electron chi connectivity index (χ4n) is 1.93. The topological polar surface area (TPSA) is 35.8 Å². The Balaban J connectivity index is 4.00. The van der Waals surface area contributed by atoms with Gasteiger partial charge in [-0.3, -0.25) is 0 Å². The second-order valence-electron chi connectivity index (χ2n) is 4.00. The zero-order chi connectivity index (χ0) is 11.0. The lowest BCUT2D eigenvalue weighted by Crippen LogP contribution is -2.40. The first-order valence-electron chi connectivity index (χ1n) is 5.82. The molecule has 0 aromatic heterocycles. The molecule has 2 heteroatoms. The maximum Gasteiger partial charge on any atom is 0.0638 e. The van der Waals surface area contributed by atoms with Gasteiger partial charge in [-0.1, -0.05) is 33.6 Å². The van der Waals surface area contributed by atoms with E-state index < -0.39 is 0 Å². The van der Waals surface area contributed by atoms with Crippen molar-refractivity contribution in [3.8, 4) is 6.07 Å². The molecule has 0 saturated carbocycles. The predicted octanol–water partition coefficient (Wildman–Crippen LogP) is 3.09. The van der Waals surface area contributed by atoms with Crippen molar-refractivity contribution in [3.63, 3.8) is 0 Å². The molecule has 0 bridgehead atoms. The van der Waals surface area contributed by atoms with Crippen LogP contribution in [0.3, 0.4) is 0 Å². The Morgan fingerprint density at radius 3 is 2.07 bits per heavy atom. The number of hydrogen-bond acceptors (Lipinski definition) is 2. The fourth-order valence-corrected chi connectivity index (χ4v) is 1.93. The molecular formula is C12H24N2. The lowest BCUT2D eigenvalue weighted by atomic mass is 9.94. The van der Waals surface area contributed by atoms with E-state index in [9.17, 15) is 0 Å². The van der Waals surface area contributed by atoms with E-state index in [1.165, 1.54) is 12.8 Å². The summed E-state index contributed by atoms with van der Waals surface area (Å²) in [4.78, 5) is 0. The first-order valence-corrected chi connectivity index (χ1v) is 5.82. The van der Waals surface area contributed by atoms with E-state index in [-0.39, 0.29) is 0 Å². The second-order valence-corrected chi connectivity index (χ2v) is 4.00. The number of nitriles is 1. The molecule has 2 unspecified atom stereocenters. The highest BCUT2D eigenvalue weighted by molar-refractivity contribution is 4.83. The van der Waals surface area contributed by atoms with Gasteiger partial charge in [-0.2, -0.15) is 5.26 Å². The standard InChI is InChI=1S/C12H24N2/c1-5-11(6-2)10(4)14-12(7-3)8-9-13/h10-12,14H,5-8H2,1-4H3. The number of rotatable bonds is 7. The maximum absolute atomic E-state index is 8.64. The Labute approximate surface area is 88.7 Å². The van der Waals surface area contributed by atoms with Crippen LogP contribution >= 0.6 is 0 Å². The Bertz CT molecular complexity index is 168. The molecule has 0 amide bonds. The van der Waals surface area contributed by atoms with Gasteiger partial charge >= 0.3 is 0 Å². The zero-order valence-corrected chi connectivity index (χ0v) is 10.0. The lowest BCUT2D eigenvalue weighted by molar-refractivity contribution is 0.317. The van der Waals surface area contributed by atoms with E-state index in [4.69, 9.17) is 5.26 Å². The third kappa shape index (κ3) is 4.62. The van der Waals surface area contributed by atoms with E-state index in [1.807, 2.05) is 0 Å². The first-order chi connectivity index (χ1) is 6.69. The van der Waals surface area contributed by atoms with Crippen molar-refractivity contribution in [2.24, 2.45) is 5.92 Å². The smallest absolute Gasteiger partial charge is 0.0638 e. The number of hydrogen-bond donors (Lipinski definition) is 1. The van der Waals surface area contributed by atoms with E-state index in [0.29, 0.717) is 18.5 Å². The Morgan fingerprint density at radius 1 is 1.14 bits per heavy atom. The molecule has 0 heterocycles. The van der Waals surface area contributed by atoms with Crippen molar-refractivity contribution in [2.45, 2.75) is 65.5 Å². The summed E-state index contributed by atoms with van der Waals surface area (Å²) < 4.78 is 0. The summed E-state index contributed by atoms with van der Waals surface area (Å²) in [5.41, 5.74) is 0. The third-order valence-electron chi connectivity index (χ3n) is 3.08. The van der Waals surface area contributed by atoms with Crippen molar-refractivity contribution in [2.75, 3.05) is 0 Å². The van der Waals surface area contributed by atoms with Gasteiger partial charge in [0.1, 0.15) is 0 Å². The van der Waals surface area contributed by atoms with Crippen LogP contribution in [-0.2, 0) is 0 Å².